The first-order valence-corrected chi connectivity index (χ1v) is 12.5. The molecule has 0 N–H and O–H groups in total. The molecule has 31 heavy (non-hydrogen) atoms. The summed E-state index contributed by atoms with van der Waals surface area (Å²) in [4.78, 5) is 15.7. The van der Waals surface area contributed by atoms with Gasteiger partial charge in [0.15, 0.2) is 0 Å². The van der Waals surface area contributed by atoms with Crippen molar-refractivity contribution in [1.29, 1.82) is 0 Å². The lowest BCUT2D eigenvalue weighted by Crippen LogP contribution is -2.30. The monoisotopic (exact) mass is 464 g/mol. The Labute approximate surface area is 195 Å². The fourth-order valence-electron chi connectivity index (χ4n) is 4.28. The Hall–Kier alpha value is -2.47. The van der Waals surface area contributed by atoms with Crippen molar-refractivity contribution < 1.29 is 4.79 Å². The second-order valence-corrected chi connectivity index (χ2v) is 10.1. The molecule has 1 aliphatic heterocycles. The maximum absolute atomic E-state index is 13.3. The molecule has 5 rings (SSSR count). The molecule has 3 aromatic rings. The topological polar surface area (TPSA) is 32.7 Å². The van der Waals surface area contributed by atoms with Gasteiger partial charge in [-0.05, 0) is 77.6 Å². The van der Waals surface area contributed by atoms with Crippen molar-refractivity contribution in [2.45, 2.75) is 25.3 Å². The van der Waals surface area contributed by atoms with Crippen molar-refractivity contribution in [3.63, 3.8) is 0 Å². The number of rotatable bonds is 4. The third-order valence-electron chi connectivity index (χ3n) is 5.71. The number of thiophene rings is 2. The lowest BCUT2D eigenvalue weighted by atomic mass is 9.79. The molecule has 2 aliphatic rings. The van der Waals surface area contributed by atoms with Crippen molar-refractivity contribution >= 4 is 58.0 Å². The van der Waals surface area contributed by atoms with Crippen LogP contribution in [0.3, 0.4) is 0 Å². The summed E-state index contributed by atoms with van der Waals surface area (Å²) in [6, 6.07) is 15.8. The summed E-state index contributed by atoms with van der Waals surface area (Å²) < 4.78 is 0. The minimum absolute atomic E-state index is 0.0376. The van der Waals surface area contributed by atoms with E-state index in [1.807, 2.05) is 30.3 Å². The van der Waals surface area contributed by atoms with Gasteiger partial charge in [0, 0.05) is 26.8 Å². The molecule has 0 saturated heterocycles. The van der Waals surface area contributed by atoms with Crippen LogP contribution in [0.15, 0.2) is 76.0 Å². The largest absolute Gasteiger partial charge is 0.268 e. The molecular formula is C25H21ClN2OS2. The molecule has 0 spiro atoms. The normalized spacial score (nSPS) is 22.2. The summed E-state index contributed by atoms with van der Waals surface area (Å²) in [5, 5.41) is 11.5. The number of allylic oxidation sites excluding steroid dienone is 1. The zero-order valence-electron chi connectivity index (χ0n) is 16.8. The summed E-state index contributed by atoms with van der Waals surface area (Å²) in [5.74, 6) is 0.150. The highest BCUT2D eigenvalue weighted by Crippen LogP contribution is 2.45. The lowest BCUT2D eigenvalue weighted by Gasteiger charge is -2.28. The van der Waals surface area contributed by atoms with Crippen LogP contribution >= 0.6 is 34.3 Å². The predicted molar refractivity (Wildman–Crippen MR) is 131 cm³/mol. The summed E-state index contributed by atoms with van der Waals surface area (Å²) in [7, 11) is 0. The number of halogens is 1. The Bertz CT molecular complexity index is 1140. The lowest BCUT2D eigenvalue weighted by molar-refractivity contribution is -0.128. The van der Waals surface area contributed by atoms with Crippen LogP contribution in [0.5, 0.6) is 0 Å². The van der Waals surface area contributed by atoms with Crippen LogP contribution in [-0.4, -0.2) is 16.6 Å². The molecule has 0 bridgehead atoms. The molecule has 156 valence electrons. The zero-order valence-corrected chi connectivity index (χ0v) is 19.2. The number of carbonyl (C=O) groups is 1. The van der Waals surface area contributed by atoms with E-state index >= 15 is 0 Å². The Morgan fingerprint density at radius 3 is 2.65 bits per heavy atom. The van der Waals surface area contributed by atoms with E-state index in [-0.39, 0.29) is 17.9 Å². The highest BCUT2D eigenvalue weighted by Gasteiger charge is 2.43. The average Bonchev–Trinajstić information content (AvgIpc) is 3.54. The Balaban J connectivity index is 1.48. The minimum atomic E-state index is -0.0919. The van der Waals surface area contributed by atoms with Crippen LogP contribution in [0, 0.1) is 5.92 Å². The number of hydrogen-bond acceptors (Lipinski definition) is 4. The van der Waals surface area contributed by atoms with Gasteiger partial charge in [-0.1, -0.05) is 35.9 Å². The second kappa shape index (κ2) is 8.95. The smallest absolute Gasteiger partial charge is 0.267 e. The number of carbonyl (C=O) groups excluding carboxylic acids is 1. The van der Waals surface area contributed by atoms with E-state index < -0.39 is 0 Å². The molecular weight excluding hydrogens is 444 g/mol. The molecule has 1 fully saturated rings. The molecule has 3 heterocycles. The molecule has 0 unspecified atom stereocenters. The quantitative estimate of drug-likeness (QED) is 0.373. The number of benzene rings is 1. The van der Waals surface area contributed by atoms with Crippen molar-refractivity contribution in [1.82, 2.24) is 5.01 Å². The fraction of sp³-hybridized carbons (Fsp3) is 0.200. The van der Waals surface area contributed by atoms with Gasteiger partial charge < -0.3 is 0 Å². The highest BCUT2D eigenvalue weighted by atomic mass is 35.5. The number of amides is 1. The SMILES string of the molecule is O=C(/C=C\c1ccc(Cl)cc1)N1N=C2/C(=C\c3cccs3)CCC[C@H]2[C@H]1c1cccs1. The van der Waals surface area contributed by atoms with E-state index in [1.54, 1.807) is 33.8 Å². The third kappa shape index (κ3) is 4.31. The van der Waals surface area contributed by atoms with E-state index in [9.17, 15) is 4.79 Å². The van der Waals surface area contributed by atoms with E-state index in [0.29, 0.717) is 5.02 Å². The molecule has 6 heteroatoms. The highest BCUT2D eigenvalue weighted by molar-refractivity contribution is 7.11. The third-order valence-corrected chi connectivity index (χ3v) is 7.72. The van der Waals surface area contributed by atoms with E-state index in [1.165, 1.54) is 15.3 Å². The minimum Gasteiger partial charge on any atom is -0.268 e. The summed E-state index contributed by atoms with van der Waals surface area (Å²) in [5.41, 5.74) is 3.27. The molecule has 0 radical (unpaired) electrons. The van der Waals surface area contributed by atoms with Crippen molar-refractivity contribution in [2.75, 3.05) is 0 Å². The summed E-state index contributed by atoms with van der Waals surface area (Å²) >= 11 is 9.40. The van der Waals surface area contributed by atoms with Gasteiger partial charge in [0.25, 0.3) is 5.91 Å². The number of fused-ring (bicyclic) bond motifs is 1. The molecule has 2 atom stereocenters. The Kier molecular flexibility index (Phi) is 5.90. The van der Waals surface area contributed by atoms with Crippen LogP contribution in [0.1, 0.15) is 40.6 Å². The molecule has 3 nitrogen and oxygen atoms in total. The van der Waals surface area contributed by atoms with E-state index in [4.69, 9.17) is 16.7 Å². The molecule has 2 aromatic heterocycles. The van der Waals surface area contributed by atoms with Gasteiger partial charge in [-0.3, -0.25) is 4.79 Å². The predicted octanol–water partition coefficient (Wildman–Crippen LogP) is 7.30. The summed E-state index contributed by atoms with van der Waals surface area (Å²) in [6.45, 7) is 0. The average molecular weight is 465 g/mol. The first-order chi connectivity index (χ1) is 15.2. The zero-order chi connectivity index (χ0) is 21.2. The van der Waals surface area contributed by atoms with Gasteiger partial charge in [0.1, 0.15) is 0 Å². The molecule has 1 saturated carbocycles. The van der Waals surface area contributed by atoms with Crippen LogP contribution in [0.4, 0.5) is 0 Å². The van der Waals surface area contributed by atoms with Gasteiger partial charge in [-0.25, -0.2) is 5.01 Å². The van der Waals surface area contributed by atoms with Gasteiger partial charge in [0.2, 0.25) is 0 Å². The van der Waals surface area contributed by atoms with Crippen LogP contribution < -0.4 is 0 Å². The van der Waals surface area contributed by atoms with Crippen LogP contribution in [-0.2, 0) is 4.79 Å². The van der Waals surface area contributed by atoms with Crippen molar-refractivity contribution in [3.05, 3.63) is 91.3 Å². The van der Waals surface area contributed by atoms with Crippen LogP contribution in [0.2, 0.25) is 5.02 Å². The van der Waals surface area contributed by atoms with Gasteiger partial charge in [-0.2, -0.15) is 5.10 Å². The molecule has 1 aliphatic carbocycles. The van der Waals surface area contributed by atoms with Gasteiger partial charge in [0.05, 0.1) is 11.8 Å². The number of hydrazone groups is 1. The van der Waals surface area contributed by atoms with Crippen LogP contribution in [0.25, 0.3) is 12.2 Å². The Morgan fingerprint density at radius 1 is 1.10 bits per heavy atom. The fourth-order valence-corrected chi connectivity index (χ4v) is 5.97. The van der Waals surface area contributed by atoms with Crippen molar-refractivity contribution in [3.8, 4) is 0 Å². The number of nitrogens with zero attached hydrogens (tertiary/aromatic N) is 2. The first-order valence-electron chi connectivity index (χ1n) is 10.3. The Morgan fingerprint density at radius 2 is 1.90 bits per heavy atom. The van der Waals surface area contributed by atoms with E-state index in [0.717, 1.165) is 30.5 Å². The maximum Gasteiger partial charge on any atom is 0.267 e. The standard InChI is InChI=1S/C25H21ClN2OS2/c26-19-11-8-17(9-12-19)10-13-23(29)28-25(22-7-3-15-31-22)21-6-1-4-18(24(21)27-28)16-20-5-2-14-30-20/h2-3,5,7-16,21,25H,1,4,6H2/b13-10-,18-16-/t21-,25+/m1/s1. The maximum atomic E-state index is 13.3. The summed E-state index contributed by atoms with van der Waals surface area (Å²) in [6.07, 6.45) is 8.87. The van der Waals surface area contributed by atoms with Gasteiger partial charge in [-0.15, -0.1) is 22.7 Å². The van der Waals surface area contributed by atoms with Crippen molar-refractivity contribution in [2.24, 2.45) is 11.0 Å². The molecule has 1 amide bonds. The first kappa shape index (κ1) is 20.4. The van der Waals surface area contributed by atoms with Gasteiger partial charge >= 0.3 is 0 Å². The van der Waals surface area contributed by atoms with E-state index in [2.05, 4.69) is 41.1 Å². The second-order valence-electron chi connectivity index (χ2n) is 7.70. The number of hydrogen-bond donors (Lipinski definition) is 0. The molecule has 1 aromatic carbocycles.